The van der Waals surface area contributed by atoms with E-state index >= 15 is 0 Å². The Morgan fingerprint density at radius 1 is 1.30 bits per heavy atom. The predicted octanol–water partition coefficient (Wildman–Crippen LogP) is -0.274. The first kappa shape index (κ1) is 9.88. The van der Waals surface area contributed by atoms with E-state index in [0.717, 1.165) is 0 Å². The van der Waals surface area contributed by atoms with Crippen molar-refractivity contribution in [2.45, 2.75) is 39.0 Å². The zero-order valence-electron chi connectivity index (χ0n) is 6.83. The molecule has 3 heteroatoms. The minimum atomic E-state index is -0.493. The fraction of sp³-hybridized carbons (Fsp3) is 1.00. The van der Waals surface area contributed by atoms with E-state index in [1.54, 1.807) is 6.92 Å². The summed E-state index contributed by atoms with van der Waals surface area (Å²) in [6.45, 7) is 5.60. The largest absolute Gasteiger partial charge is 0.395 e. The molecule has 0 spiro atoms. The van der Waals surface area contributed by atoms with Gasteiger partial charge >= 0.3 is 0 Å². The molecular formula is C7H17NO2. The first-order valence-electron chi connectivity index (χ1n) is 3.63. The molecule has 10 heavy (non-hydrogen) atoms. The number of aliphatic hydroxyl groups excluding tert-OH is 2. The van der Waals surface area contributed by atoms with Crippen LogP contribution in [0.2, 0.25) is 0 Å². The molecule has 0 aromatic rings. The van der Waals surface area contributed by atoms with Gasteiger partial charge in [-0.25, -0.2) is 0 Å². The van der Waals surface area contributed by atoms with Crippen LogP contribution in [-0.2, 0) is 0 Å². The van der Waals surface area contributed by atoms with Crippen LogP contribution in [0.4, 0.5) is 0 Å². The summed E-state index contributed by atoms with van der Waals surface area (Å²) in [5, 5.41) is 20.8. The van der Waals surface area contributed by atoms with Crippen LogP contribution in [0.3, 0.4) is 0 Å². The summed E-state index contributed by atoms with van der Waals surface area (Å²) < 4.78 is 0. The fourth-order valence-electron chi connectivity index (χ4n) is 0.773. The Kier molecular flexibility index (Phi) is 4.60. The molecule has 2 atom stereocenters. The average Bonchev–Trinajstić information content (AvgIpc) is 1.81. The Bertz CT molecular complexity index is 83.7. The summed E-state index contributed by atoms with van der Waals surface area (Å²) in [5.74, 6) is 0. The molecular weight excluding hydrogens is 130 g/mol. The third-order valence-electron chi connectivity index (χ3n) is 1.33. The zero-order chi connectivity index (χ0) is 8.15. The Labute approximate surface area is 62.1 Å². The van der Waals surface area contributed by atoms with Gasteiger partial charge in [-0.3, -0.25) is 0 Å². The Balaban J connectivity index is 3.60. The number of rotatable bonds is 4. The van der Waals surface area contributed by atoms with Crippen molar-refractivity contribution in [2.24, 2.45) is 0 Å². The maximum absolute atomic E-state index is 9.04. The standard InChI is InChI=1S/C7H17NO2/c1-5(2)8-7(4-9)6(3)10/h5-10H,4H2,1-3H3/t6-,7?/m1/s1. The van der Waals surface area contributed by atoms with Crippen molar-refractivity contribution >= 4 is 0 Å². The van der Waals surface area contributed by atoms with Crippen molar-refractivity contribution in [3.63, 3.8) is 0 Å². The van der Waals surface area contributed by atoms with E-state index < -0.39 is 6.10 Å². The minimum absolute atomic E-state index is 0.0180. The average molecular weight is 147 g/mol. The molecule has 0 aromatic heterocycles. The van der Waals surface area contributed by atoms with Crippen molar-refractivity contribution in [1.29, 1.82) is 0 Å². The number of hydrogen-bond donors (Lipinski definition) is 3. The van der Waals surface area contributed by atoms with Crippen LogP contribution in [-0.4, -0.2) is 35.0 Å². The molecule has 0 heterocycles. The third-order valence-corrected chi connectivity index (χ3v) is 1.33. The molecule has 0 amide bonds. The Hall–Kier alpha value is -0.120. The van der Waals surface area contributed by atoms with Gasteiger partial charge in [0.15, 0.2) is 0 Å². The lowest BCUT2D eigenvalue weighted by Crippen LogP contribution is -2.44. The van der Waals surface area contributed by atoms with Gasteiger partial charge in [0.05, 0.1) is 18.8 Å². The first-order chi connectivity index (χ1) is 4.57. The van der Waals surface area contributed by atoms with Gasteiger partial charge in [-0.05, 0) is 6.92 Å². The topological polar surface area (TPSA) is 52.5 Å². The highest BCUT2D eigenvalue weighted by atomic mass is 16.3. The Morgan fingerprint density at radius 2 is 1.80 bits per heavy atom. The second-order valence-corrected chi connectivity index (χ2v) is 2.85. The maximum Gasteiger partial charge on any atom is 0.0687 e. The molecule has 0 aliphatic carbocycles. The lowest BCUT2D eigenvalue weighted by molar-refractivity contribution is 0.0991. The second kappa shape index (κ2) is 4.66. The SMILES string of the molecule is CC(C)NC(CO)[C@@H](C)O. The molecule has 3 N–H and O–H groups in total. The van der Waals surface area contributed by atoms with Gasteiger partial charge in [-0.2, -0.15) is 0 Å². The van der Waals surface area contributed by atoms with Gasteiger partial charge in [0.25, 0.3) is 0 Å². The molecule has 0 radical (unpaired) electrons. The number of nitrogens with one attached hydrogen (secondary N) is 1. The van der Waals surface area contributed by atoms with Crippen LogP contribution < -0.4 is 5.32 Å². The quantitative estimate of drug-likeness (QED) is 0.513. The molecule has 3 nitrogen and oxygen atoms in total. The number of hydrogen-bond acceptors (Lipinski definition) is 3. The summed E-state index contributed by atoms with van der Waals surface area (Å²) >= 11 is 0. The smallest absolute Gasteiger partial charge is 0.0687 e. The van der Waals surface area contributed by atoms with Crippen LogP contribution in [0, 0.1) is 0 Å². The molecule has 0 aliphatic heterocycles. The van der Waals surface area contributed by atoms with E-state index in [1.165, 1.54) is 0 Å². The summed E-state index contributed by atoms with van der Waals surface area (Å²) in [6.07, 6.45) is -0.493. The lowest BCUT2D eigenvalue weighted by atomic mass is 10.2. The summed E-state index contributed by atoms with van der Waals surface area (Å²) in [4.78, 5) is 0. The fourth-order valence-corrected chi connectivity index (χ4v) is 0.773. The van der Waals surface area contributed by atoms with E-state index in [9.17, 15) is 0 Å². The minimum Gasteiger partial charge on any atom is -0.395 e. The van der Waals surface area contributed by atoms with Crippen LogP contribution in [0.1, 0.15) is 20.8 Å². The maximum atomic E-state index is 9.04. The van der Waals surface area contributed by atoms with Gasteiger partial charge in [0.1, 0.15) is 0 Å². The van der Waals surface area contributed by atoms with Crippen molar-refractivity contribution in [2.75, 3.05) is 6.61 Å². The predicted molar refractivity (Wildman–Crippen MR) is 40.8 cm³/mol. The van der Waals surface area contributed by atoms with Crippen LogP contribution in [0.15, 0.2) is 0 Å². The molecule has 0 rings (SSSR count). The van der Waals surface area contributed by atoms with Gasteiger partial charge in [0, 0.05) is 6.04 Å². The van der Waals surface area contributed by atoms with Crippen molar-refractivity contribution in [3.8, 4) is 0 Å². The molecule has 0 aliphatic rings. The van der Waals surface area contributed by atoms with Gasteiger partial charge < -0.3 is 15.5 Å². The Morgan fingerprint density at radius 3 is 1.90 bits per heavy atom. The van der Waals surface area contributed by atoms with Crippen LogP contribution in [0.25, 0.3) is 0 Å². The normalized spacial score (nSPS) is 17.4. The highest BCUT2D eigenvalue weighted by Crippen LogP contribution is 1.92. The van der Waals surface area contributed by atoms with Crippen molar-refractivity contribution < 1.29 is 10.2 Å². The molecule has 0 aromatic carbocycles. The molecule has 0 saturated heterocycles. The second-order valence-electron chi connectivity index (χ2n) is 2.85. The molecule has 1 unspecified atom stereocenters. The van der Waals surface area contributed by atoms with E-state index in [2.05, 4.69) is 5.32 Å². The highest BCUT2D eigenvalue weighted by molar-refractivity contribution is 4.72. The molecule has 0 fully saturated rings. The molecule has 62 valence electrons. The van der Waals surface area contributed by atoms with Crippen LogP contribution in [0.5, 0.6) is 0 Å². The monoisotopic (exact) mass is 147 g/mol. The molecule has 0 bridgehead atoms. The van der Waals surface area contributed by atoms with E-state index in [4.69, 9.17) is 10.2 Å². The van der Waals surface area contributed by atoms with Crippen molar-refractivity contribution in [3.05, 3.63) is 0 Å². The zero-order valence-corrected chi connectivity index (χ0v) is 6.83. The first-order valence-corrected chi connectivity index (χ1v) is 3.63. The summed E-state index contributed by atoms with van der Waals surface area (Å²) in [5.41, 5.74) is 0. The van der Waals surface area contributed by atoms with E-state index in [-0.39, 0.29) is 12.6 Å². The van der Waals surface area contributed by atoms with Gasteiger partial charge in [-0.1, -0.05) is 13.8 Å². The summed E-state index contributed by atoms with van der Waals surface area (Å²) in [7, 11) is 0. The third kappa shape index (κ3) is 3.82. The lowest BCUT2D eigenvalue weighted by Gasteiger charge is -2.21. The van der Waals surface area contributed by atoms with Gasteiger partial charge in [-0.15, -0.1) is 0 Å². The van der Waals surface area contributed by atoms with Crippen molar-refractivity contribution in [1.82, 2.24) is 5.32 Å². The highest BCUT2D eigenvalue weighted by Gasteiger charge is 2.13. The number of aliphatic hydroxyl groups is 2. The summed E-state index contributed by atoms with van der Waals surface area (Å²) in [6, 6.07) is 0.103. The van der Waals surface area contributed by atoms with E-state index in [0.29, 0.717) is 6.04 Å². The molecule has 0 saturated carbocycles. The van der Waals surface area contributed by atoms with Gasteiger partial charge in [0.2, 0.25) is 0 Å². The van der Waals surface area contributed by atoms with Crippen LogP contribution >= 0.6 is 0 Å². The van der Waals surface area contributed by atoms with E-state index in [1.807, 2.05) is 13.8 Å².